The average molecular weight is 874 g/mol. The number of amides is 1. The highest BCUT2D eigenvalue weighted by Crippen LogP contribution is 2.68. The third kappa shape index (κ3) is 7.93. The first kappa shape index (κ1) is 42.6. The number of carbonyl (C=O) groups excluding carboxylic acids is 1. The molecular formula is C48H55N7O5S2. The fourth-order valence-electron chi connectivity index (χ4n) is 11.5. The monoisotopic (exact) mass is 873 g/mol. The molecule has 4 heterocycles. The maximum Gasteiger partial charge on any atom is 0.355 e. The van der Waals surface area contributed by atoms with Crippen molar-refractivity contribution in [2.75, 3.05) is 37.8 Å². The van der Waals surface area contributed by atoms with E-state index in [1.54, 1.807) is 18.5 Å². The molecule has 62 heavy (non-hydrogen) atoms. The molecule has 4 aromatic heterocycles. The number of thiazole rings is 1. The van der Waals surface area contributed by atoms with Gasteiger partial charge in [-0.05, 0) is 136 Å². The summed E-state index contributed by atoms with van der Waals surface area (Å²) in [6.45, 7) is 12.5. The fourth-order valence-corrected chi connectivity index (χ4v) is 12.8. The van der Waals surface area contributed by atoms with Gasteiger partial charge in [0.2, 0.25) is 0 Å². The summed E-state index contributed by atoms with van der Waals surface area (Å²) in [5.41, 5.74) is 5.34. The predicted molar refractivity (Wildman–Crippen MR) is 247 cm³/mol. The van der Waals surface area contributed by atoms with E-state index < -0.39 is 5.97 Å². The molecule has 9 rings (SSSR count). The Morgan fingerprint density at radius 3 is 2.63 bits per heavy atom. The number of benzene rings is 2. The van der Waals surface area contributed by atoms with Crippen LogP contribution >= 0.6 is 23.4 Å². The SMILES string of the molecule is Cc1c(-c2ccc(-c3ccc4nccc(C(=O)Nc5nc6ccccc6s5)c4c3)nc2C(=O)O)cnn1CC12CCC(OCCN(C)CCSO)(CC3(C)CCC(C)(C3)C1C)C2. The van der Waals surface area contributed by atoms with Crippen molar-refractivity contribution in [3.8, 4) is 22.4 Å². The van der Waals surface area contributed by atoms with Gasteiger partial charge in [-0.25, -0.2) is 14.8 Å². The summed E-state index contributed by atoms with van der Waals surface area (Å²) in [6.07, 6.45) is 11.1. The quantitative estimate of drug-likeness (QED) is 0.0896. The number of nitrogens with zero attached hydrogens (tertiary/aromatic N) is 6. The van der Waals surface area contributed by atoms with Gasteiger partial charge in [-0.1, -0.05) is 50.3 Å². The van der Waals surface area contributed by atoms with E-state index in [9.17, 15) is 19.2 Å². The van der Waals surface area contributed by atoms with E-state index in [0.717, 1.165) is 78.8 Å². The van der Waals surface area contributed by atoms with E-state index in [2.05, 4.69) is 52.7 Å². The molecule has 5 unspecified atom stereocenters. The van der Waals surface area contributed by atoms with Gasteiger partial charge in [-0.15, -0.1) is 0 Å². The number of fused-ring (bicyclic) bond motifs is 6. The first-order chi connectivity index (χ1) is 29.7. The number of aromatic carboxylic acids is 1. The van der Waals surface area contributed by atoms with E-state index in [1.165, 1.54) is 30.6 Å². The summed E-state index contributed by atoms with van der Waals surface area (Å²) in [5.74, 6) is -0.329. The number of nitrogens with one attached hydrogen (secondary N) is 1. The van der Waals surface area contributed by atoms with Crippen molar-refractivity contribution in [2.24, 2.45) is 22.2 Å². The number of carbonyl (C=O) groups is 2. The molecule has 0 radical (unpaired) electrons. The zero-order chi connectivity index (χ0) is 43.4. The van der Waals surface area contributed by atoms with Crippen molar-refractivity contribution in [2.45, 2.75) is 84.8 Å². The molecular weight excluding hydrogens is 819 g/mol. The lowest BCUT2D eigenvalue weighted by atomic mass is 9.58. The molecule has 324 valence electrons. The van der Waals surface area contributed by atoms with Crippen molar-refractivity contribution >= 4 is 61.5 Å². The number of carboxylic acids is 1. The Bertz CT molecular complexity index is 2650. The van der Waals surface area contributed by atoms with Gasteiger partial charge < -0.3 is 19.3 Å². The molecule has 2 aromatic carbocycles. The topological polar surface area (TPSA) is 156 Å². The molecule has 3 saturated carbocycles. The number of pyridine rings is 2. The van der Waals surface area contributed by atoms with Crippen molar-refractivity contribution < 1.29 is 24.0 Å². The number of likely N-dealkylation sites (N-methyl/N-ethyl adjacent to an activating group) is 1. The van der Waals surface area contributed by atoms with Crippen LogP contribution in [0.5, 0.6) is 0 Å². The number of rotatable bonds is 14. The van der Waals surface area contributed by atoms with Crippen molar-refractivity contribution in [1.29, 1.82) is 0 Å². The standard InChI is InChI=1S/C48H55N7O5S2/c1-30-36(25-50-55(30)29-47-17-18-48(28-47,60-22-20-54(5)21-23-61-59)27-45(3)15-16-46(4,26-45)31(47)2)33-11-13-37(51-41(33)43(57)58)32-10-12-38-35(24-32)34(14-19-49-38)42(56)53-44-52-39-8-6-7-9-40(39)62-44/h6-14,19,24-25,31,59H,15-18,20-23,26-29H2,1-5H3,(H,57,58)(H,52,53,56). The molecule has 6 aromatic rings. The first-order valence-corrected chi connectivity index (χ1v) is 23.4. The van der Waals surface area contributed by atoms with E-state index in [-0.39, 0.29) is 33.4 Å². The second-order valence-electron chi connectivity index (χ2n) is 19.0. The van der Waals surface area contributed by atoms with Gasteiger partial charge in [-0.2, -0.15) is 5.10 Å². The number of carboxylic acid groups (broad SMARTS) is 1. The van der Waals surface area contributed by atoms with Crippen molar-refractivity contribution in [3.05, 3.63) is 90.0 Å². The Morgan fingerprint density at radius 1 is 0.984 bits per heavy atom. The highest BCUT2D eigenvalue weighted by atomic mass is 32.2. The summed E-state index contributed by atoms with van der Waals surface area (Å²) in [7, 11) is 2.09. The highest BCUT2D eigenvalue weighted by molar-refractivity contribution is 7.93. The van der Waals surface area contributed by atoms with Gasteiger partial charge in [0.1, 0.15) is 0 Å². The normalized spacial score (nSPS) is 25.7. The van der Waals surface area contributed by atoms with Crippen molar-refractivity contribution in [1.82, 2.24) is 29.6 Å². The number of anilines is 1. The summed E-state index contributed by atoms with van der Waals surface area (Å²) < 4.78 is 19.4. The Morgan fingerprint density at radius 2 is 1.82 bits per heavy atom. The molecule has 0 spiro atoms. The maximum absolute atomic E-state index is 13.6. The van der Waals surface area contributed by atoms with Gasteiger partial charge in [0.05, 0.1) is 45.4 Å². The second-order valence-corrected chi connectivity index (χ2v) is 20.7. The smallest absolute Gasteiger partial charge is 0.355 e. The summed E-state index contributed by atoms with van der Waals surface area (Å²) in [5, 5.41) is 19.7. The number of hydrogen-bond donors (Lipinski definition) is 3. The molecule has 1 amide bonds. The molecule has 5 atom stereocenters. The second kappa shape index (κ2) is 16.4. The van der Waals surface area contributed by atoms with Gasteiger partial charge in [0, 0.05) is 59.4 Å². The fraction of sp³-hybridized carbons (Fsp3) is 0.458. The zero-order valence-electron chi connectivity index (χ0n) is 36.1. The Hall–Kier alpha value is -4.73. The maximum atomic E-state index is 13.6. The molecule has 3 N–H and O–H groups in total. The third-order valence-corrected chi connectivity index (χ3v) is 16.1. The highest BCUT2D eigenvalue weighted by Gasteiger charge is 2.62. The summed E-state index contributed by atoms with van der Waals surface area (Å²) >= 11 is 2.29. The molecule has 4 bridgehead atoms. The molecule has 0 saturated heterocycles. The number of hydrogen-bond acceptors (Lipinski definition) is 11. The molecule has 3 aliphatic rings. The van der Waals surface area contributed by atoms with E-state index in [1.807, 2.05) is 61.5 Å². The van der Waals surface area contributed by atoms with Gasteiger partial charge in [-0.3, -0.25) is 19.8 Å². The molecule has 3 aliphatic carbocycles. The number of para-hydroxylation sites is 1. The Balaban J connectivity index is 0.992. The molecule has 0 aliphatic heterocycles. The number of aromatic nitrogens is 5. The van der Waals surface area contributed by atoms with Crippen LogP contribution in [0.25, 0.3) is 43.5 Å². The van der Waals surface area contributed by atoms with E-state index in [0.29, 0.717) is 56.7 Å². The number of ether oxygens (including phenoxy) is 1. The van der Waals surface area contributed by atoms with E-state index in [4.69, 9.17) is 14.8 Å². The average Bonchev–Trinajstić information content (AvgIpc) is 4.02. The minimum absolute atomic E-state index is 0.0410. The Labute approximate surface area is 370 Å². The minimum Gasteiger partial charge on any atom is -0.476 e. The van der Waals surface area contributed by atoms with Crippen LogP contribution in [0.4, 0.5) is 5.13 Å². The third-order valence-electron chi connectivity index (χ3n) is 14.8. The molecule has 3 fully saturated rings. The van der Waals surface area contributed by atoms with Crippen LogP contribution in [-0.4, -0.2) is 89.3 Å². The van der Waals surface area contributed by atoms with Crippen LogP contribution < -0.4 is 5.32 Å². The van der Waals surface area contributed by atoms with E-state index >= 15 is 0 Å². The van der Waals surface area contributed by atoms with Crippen LogP contribution in [0, 0.1) is 29.1 Å². The van der Waals surface area contributed by atoms with Gasteiger partial charge >= 0.3 is 5.97 Å². The predicted octanol–water partition coefficient (Wildman–Crippen LogP) is 10.3. The summed E-state index contributed by atoms with van der Waals surface area (Å²) in [4.78, 5) is 42.6. The van der Waals surface area contributed by atoms with Crippen LogP contribution in [0.2, 0.25) is 0 Å². The van der Waals surface area contributed by atoms with Crippen LogP contribution in [0.3, 0.4) is 0 Å². The van der Waals surface area contributed by atoms with Gasteiger partial charge in [0.25, 0.3) is 5.91 Å². The largest absolute Gasteiger partial charge is 0.476 e. The lowest BCUT2D eigenvalue weighted by molar-refractivity contribution is -0.102. The Kier molecular flexibility index (Phi) is 11.3. The summed E-state index contributed by atoms with van der Waals surface area (Å²) in [6, 6.07) is 18.6. The lowest BCUT2D eigenvalue weighted by Crippen LogP contribution is -2.46. The zero-order valence-corrected chi connectivity index (χ0v) is 37.7. The van der Waals surface area contributed by atoms with Crippen LogP contribution in [-0.2, 0) is 11.3 Å². The lowest BCUT2D eigenvalue weighted by Gasteiger charge is -2.49. The first-order valence-electron chi connectivity index (χ1n) is 21.6. The van der Waals surface area contributed by atoms with Gasteiger partial charge in [0.15, 0.2) is 10.8 Å². The van der Waals surface area contributed by atoms with Crippen molar-refractivity contribution in [3.63, 3.8) is 0 Å². The molecule has 12 nitrogen and oxygen atoms in total. The molecule has 14 heteroatoms. The minimum atomic E-state index is -1.13. The van der Waals surface area contributed by atoms with Crippen LogP contribution in [0.1, 0.15) is 92.3 Å². The van der Waals surface area contributed by atoms with Crippen LogP contribution in [0.15, 0.2) is 73.1 Å².